The second-order valence-corrected chi connectivity index (χ2v) is 10.4. The monoisotopic (exact) mass is 459 g/mol. The molecule has 1 aromatic carbocycles. The molecule has 31 heavy (non-hydrogen) atoms. The third-order valence-corrected chi connectivity index (χ3v) is 8.47. The SMILES string of the molecule is O=S(=O)(c1cccc2nsnc12)N1CCN(c2ccc(N3CCCCCC3)nn2)CC1. The molecule has 5 rings (SSSR count). The third kappa shape index (κ3) is 4.09. The third-order valence-electron chi connectivity index (χ3n) is 6.00. The fourth-order valence-electron chi connectivity index (χ4n) is 4.24. The lowest BCUT2D eigenvalue weighted by molar-refractivity contribution is 0.384. The van der Waals surface area contributed by atoms with Gasteiger partial charge in [-0.1, -0.05) is 18.9 Å². The second kappa shape index (κ2) is 8.64. The highest BCUT2D eigenvalue weighted by Crippen LogP contribution is 2.26. The van der Waals surface area contributed by atoms with Crippen LogP contribution in [0, 0.1) is 0 Å². The second-order valence-electron chi connectivity index (χ2n) is 7.93. The number of nitrogens with zero attached hydrogens (tertiary/aromatic N) is 7. The van der Waals surface area contributed by atoms with Crippen LogP contribution >= 0.6 is 11.7 Å². The molecular weight excluding hydrogens is 434 g/mol. The molecule has 2 saturated heterocycles. The van der Waals surface area contributed by atoms with Crippen molar-refractivity contribution in [1.82, 2.24) is 23.2 Å². The Morgan fingerprint density at radius 3 is 2.03 bits per heavy atom. The quantitative estimate of drug-likeness (QED) is 0.587. The standard InChI is InChI=1S/C20H25N7O2S2/c28-31(29,17-7-5-6-16-20(17)24-30-23-16)27-14-12-26(13-15-27)19-9-8-18(21-22-19)25-10-3-1-2-4-11-25/h5-9H,1-4,10-15H2. The van der Waals surface area contributed by atoms with Crippen LogP contribution in [0.5, 0.6) is 0 Å². The summed E-state index contributed by atoms with van der Waals surface area (Å²) in [7, 11) is -3.62. The number of anilines is 2. The fourth-order valence-corrected chi connectivity index (χ4v) is 6.42. The minimum Gasteiger partial charge on any atom is -0.355 e. The minimum absolute atomic E-state index is 0.230. The first kappa shape index (κ1) is 20.5. The van der Waals surface area contributed by atoms with E-state index in [9.17, 15) is 8.42 Å². The van der Waals surface area contributed by atoms with Crippen LogP contribution in [0.3, 0.4) is 0 Å². The van der Waals surface area contributed by atoms with Gasteiger partial charge in [0.2, 0.25) is 10.0 Å². The predicted molar refractivity (Wildman–Crippen MR) is 121 cm³/mol. The summed E-state index contributed by atoms with van der Waals surface area (Å²) in [6.45, 7) is 4.00. The molecule has 4 heterocycles. The van der Waals surface area contributed by atoms with Crippen molar-refractivity contribution in [3.05, 3.63) is 30.3 Å². The van der Waals surface area contributed by atoms with Crippen LogP contribution < -0.4 is 9.80 Å². The lowest BCUT2D eigenvalue weighted by Crippen LogP contribution is -2.49. The Labute approximate surface area is 186 Å². The smallest absolute Gasteiger partial charge is 0.245 e. The zero-order chi connectivity index (χ0) is 21.3. The number of fused-ring (bicyclic) bond motifs is 1. The van der Waals surface area contributed by atoms with Gasteiger partial charge in [-0.15, -0.1) is 10.2 Å². The number of aromatic nitrogens is 4. The molecule has 3 aromatic rings. The maximum absolute atomic E-state index is 13.2. The van der Waals surface area contributed by atoms with Gasteiger partial charge in [-0.2, -0.15) is 13.1 Å². The van der Waals surface area contributed by atoms with Crippen molar-refractivity contribution >= 4 is 44.4 Å². The molecule has 0 aliphatic carbocycles. The number of hydrogen-bond acceptors (Lipinski definition) is 9. The van der Waals surface area contributed by atoms with Crippen LogP contribution in [-0.4, -0.2) is 70.9 Å². The molecule has 0 bridgehead atoms. The highest BCUT2D eigenvalue weighted by atomic mass is 32.2. The van der Waals surface area contributed by atoms with Gasteiger partial charge in [-0.3, -0.25) is 0 Å². The molecule has 0 saturated carbocycles. The van der Waals surface area contributed by atoms with Gasteiger partial charge >= 0.3 is 0 Å². The molecule has 0 radical (unpaired) electrons. The van der Waals surface area contributed by atoms with Crippen LogP contribution in [0.25, 0.3) is 11.0 Å². The molecule has 11 heteroatoms. The zero-order valence-electron chi connectivity index (χ0n) is 17.2. The Balaban J connectivity index is 1.26. The topological polar surface area (TPSA) is 95.4 Å². The largest absolute Gasteiger partial charge is 0.355 e. The summed E-state index contributed by atoms with van der Waals surface area (Å²) in [4.78, 5) is 4.63. The normalized spacial score (nSPS) is 19.0. The maximum Gasteiger partial charge on any atom is 0.245 e. The van der Waals surface area contributed by atoms with Gasteiger partial charge in [-0.05, 0) is 37.1 Å². The molecule has 0 unspecified atom stereocenters. The van der Waals surface area contributed by atoms with Crippen molar-refractivity contribution in [1.29, 1.82) is 0 Å². The summed E-state index contributed by atoms with van der Waals surface area (Å²) in [6, 6.07) is 9.14. The summed E-state index contributed by atoms with van der Waals surface area (Å²) in [6.07, 6.45) is 4.96. The Morgan fingerprint density at radius 1 is 0.742 bits per heavy atom. The molecule has 2 aliphatic rings. The van der Waals surface area contributed by atoms with E-state index in [4.69, 9.17) is 0 Å². The number of piperazine rings is 1. The van der Waals surface area contributed by atoms with E-state index in [1.165, 1.54) is 30.0 Å². The van der Waals surface area contributed by atoms with Crippen molar-refractivity contribution < 1.29 is 8.42 Å². The van der Waals surface area contributed by atoms with E-state index >= 15 is 0 Å². The molecule has 164 valence electrons. The van der Waals surface area contributed by atoms with E-state index in [-0.39, 0.29) is 4.90 Å². The van der Waals surface area contributed by atoms with Crippen molar-refractivity contribution in [3.8, 4) is 0 Å². The number of rotatable bonds is 4. The summed E-state index contributed by atoms with van der Waals surface area (Å²) in [5.41, 5.74) is 1.06. The molecule has 2 fully saturated rings. The van der Waals surface area contributed by atoms with Crippen LogP contribution in [0.1, 0.15) is 25.7 Å². The van der Waals surface area contributed by atoms with Gasteiger partial charge in [-0.25, -0.2) is 8.42 Å². The van der Waals surface area contributed by atoms with Gasteiger partial charge in [0.15, 0.2) is 11.6 Å². The van der Waals surface area contributed by atoms with Gasteiger partial charge in [0, 0.05) is 39.3 Å². The average Bonchev–Trinajstić information content (AvgIpc) is 3.13. The lowest BCUT2D eigenvalue weighted by atomic mass is 10.2. The Hall–Kier alpha value is -2.37. The van der Waals surface area contributed by atoms with Gasteiger partial charge < -0.3 is 9.80 Å². The van der Waals surface area contributed by atoms with Crippen molar-refractivity contribution in [2.75, 3.05) is 49.1 Å². The van der Waals surface area contributed by atoms with E-state index in [1.54, 1.807) is 18.2 Å². The number of hydrogen-bond donors (Lipinski definition) is 0. The zero-order valence-corrected chi connectivity index (χ0v) is 18.9. The Bertz CT molecular complexity index is 1130. The fraction of sp³-hybridized carbons (Fsp3) is 0.500. The number of sulfonamides is 1. The van der Waals surface area contributed by atoms with Gasteiger partial charge in [0.05, 0.1) is 11.7 Å². The first-order valence-electron chi connectivity index (χ1n) is 10.7. The summed E-state index contributed by atoms with van der Waals surface area (Å²) < 4.78 is 36.3. The highest BCUT2D eigenvalue weighted by Gasteiger charge is 2.31. The van der Waals surface area contributed by atoms with Crippen LogP contribution in [0.2, 0.25) is 0 Å². The molecule has 0 spiro atoms. The Kier molecular flexibility index (Phi) is 5.72. The molecule has 2 aromatic heterocycles. The predicted octanol–water partition coefficient (Wildman–Crippen LogP) is 2.37. The highest BCUT2D eigenvalue weighted by molar-refractivity contribution is 7.89. The van der Waals surface area contributed by atoms with Crippen LogP contribution in [0.4, 0.5) is 11.6 Å². The first-order valence-corrected chi connectivity index (χ1v) is 12.8. The van der Waals surface area contributed by atoms with Gasteiger partial charge in [0.25, 0.3) is 0 Å². The van der Waals surface area contributed by atoms with Gasteiger partial charge in [0.1, 0.15) is 15.9 Å². The van der Waals surface area contributed by atoms with Crippen molar-refractivity contribution in [2.45, 2.75) is 30.6 Å². The molecule has 2 aliphatic heterocycles. The van der Waals surface area contributed by atoms with E-state index < -0.39 is 10.0 Å². The lowest BCUT2D eigenvalue weighted by Gasteiger charge is -2.34. The van der Waals surface area contributed by atoms with Crippen molar-refractivity contribution in [2.24, 2.45) is 0 Å². The van der Waals surface area contributed by atoms with E-state index in [1.807, 2.05) is 12.1 Å². The van der Waals surface area contributed by atoms with E-state index in [2.05, 4.69) is 28.7 Å². The Morgan fingerprint density at radius 2 is 1.39 bits per heavy atom. The summed E-state index contributed by atoms with van der Waals surface area (Å²) in [5, 5.41) is 8.89. The maximum atomic E-state index is 13.2. The summed E-state index contributed by atoms with van der Waals surface area (Å²) >= 11 is 1.03. The van der Waals surface area contributed by atoms with Crippen LogP contribution in [-0.2, 0) is 10.0 Å². The molecular formula is C20H25N7O2S2. The molecule has 0 N–H and O–H groups in total. The number of benzene rings is 1. The first-order chi connectivity index (χ1) is 15.1. The summed E-state index contributed by atoms with van der Waals surface area (Å²) in [5.74, 6) is 1.72. The van der Waals surface area contributed by atoms with Crippen molar-refractivity contribution in [3.63, 3.8) is 0 Å². The van der Waals surface area contributed by atoms with E-state index in [0.717, 1.165) is 36.5 Å². The average molecular weight is 460 g/mol. The molecule has 0 amide bonds. The minimum atomic E-state index is -3.62. The van der Waals surface area contributed by atoms with E-state index in [0.29, 0.717) is 37.2 Å². The van der Waals surface area contributed by atoms with Crippen LogP contribution in [0.15, 0.2) is 35.2 Å². The molecule has 0 atom stereocenters. The molecule has 9 nitrogen and oxygen atoms in total.